The molecule has 4 aromatic rings. The summed E-state index contributed by atoms with van der Waals surface area (Å²) >= 11 is 7.42. The summed E-state index contributed by atoms with van der Waals surface area (Å²) < 4.78 is 7.19. The summed E-state index contributed by atoms with van der Waals surface area (Å²) in [5, 5.41) is 13.0. The molecule has 0 atom stereocenters. The van der Waals surface area contributed by atoms with E-state index in [2.05, 4.69) is 15.5 Å². The van der Waals surface area contributed by atoms with E-state index in [1.54, 1.807) is 7.11 Å². The van der Waals surface area contributed by atoms with Crippen LogP contribution in [0.15, 0.2) is 71.9 Å². The van der Waals surface area contributed by atoms with Gasteiger partial charge in [-0.3, -0.25) is 9.36 Å². The molecule has 0 spiro atoms. The normalized spacial score (nSPS) is 10.8. The maximum Gasteiger partial charge on any atom is 0.234 e. The lowest BCUT2D eigenvalue weighted by Crippen LogP contribution is -2.15. The molecular weight excluding hydrogens is 456 g/mol. The van der Waals surface area contributed by atoms with Crippen LogP contribution in [0.5, 0.6) is 5.75 Å². The fraction of sp³-hybridized carbons (Fsp3) is 0.160. The number of aryl methyl sites for hydroxylation is 1. The van der Waals surface area contributed by atoms with E-state index in [1.165, 1.54) is 11.8 Å². The Kier molecular flexibility index (Phi) is 7.01. The van der Waals surface area contributed by atoms with Crippen molar-refractivity contribution in [2.45, 2.75) is 19.0 Å². The molecule has 33 heavy (non-hydrogen) atoms. The van der Waals surface area contributed by atoms with Crippen molar-refractivity contribution in [2.75, 3.05) is 18.2 Å². The van der Waals surface area contributed by atoms with E-state index in [0.717, 1.165) is 33.8 Å². The third-order valence-corrected chi connectivity index (χ3v) is 6.46. The molecule has 8 heteroatoms. The van der Waals surface area contributed by atoms with Crippen molar-refractivity contribution in [3.8, 4) is 22.8 Å². The number of hydrogen-bond donors (Lipinski definition) is 1. The molecule has 0 aliphatic rings. The first-order valence-corrected chi connectivity index (χ1v) is 11.7. The van der Waals surface area contributed by atoms with Crippen molar-refractivity contribution in [3.05, 3.63) is 82.9 Å². The third-order valence-electron chi connectivity index (χ3n) is 5.28. The van der Waals surface area contributed by atoms with Crippen molar-refractivity contribution in [1.29, 1.82) is 0 Å². The number of methoxy groups -OCH3 is 1. The zero-order chi connectivity index (χ0) is 23.4. The van der Waals surface area contributed by atoms with Crippen molar-refractivity contribution in [3.63, 3.8) is 0 Å². The van der Waals surface area contributed by atoms with Gasteiger partial charge in [-0.1, -0.05) is 35.5 Å². The number of nitrogens with zero attached hydrogens (tertiary/aromatic N) is 3. The Bertz CT molecular complexity index is 1270. The van der Waals surface area contributed by atoms with E-state index in [0.29, 0.717) is 16.0 Å². The van der Waals surface area contributed by atoms with Gasteiger partial charge in [-0.15, -0.1) is 10.2 Å². The smallest absolute Gasteiger partial charge is 0.234 e. The van der Waals surface area contributed by atoms with Crippen molar-refractivity contribution < 1.29 is 9.53 Å². The number of carbonyl (C=O) groups is 1. The summed E-state index contributed by atoms with van der Waals surface area (Å²) in [6, 6.07) is 20.9. The molecule has 0 bridgehead atoms. The van der Waals surface area contributed by atoms with Gasteiger partial charge in [0.05, 0.1) is 12.9 Å². The number of anilines is 1. The Balaban J connectivity index is 1.60. The maximum absolute atomic E-state index is 12.7. The van der Waals surface area contributed by atoms with Crippen molar-refractivity contribution in [2.24, 2.45) is 0 Å². The Morgan fingerprint density at radius 3 is 2.45 bits per heavy atom. The molecule has 0 fully saturated rings. The number of thioether (sulfide) groups is 1. The second kappa shape index (κ2) is 10.1. The Morgan fingerprint density at radius 2 is 1.76 bits per heavy atom. The first-order chi connectivity index (χ1) is 16.0. The summed E-state index contributed by atoms with van der Waals surface area (Å²) in [6.07, 6.45) is 0. The molecule has 1 N–H and O–H groups in total. The lowest BCUT2D eigenvalue weighted by Gasteiger charge is -2.12. The van der Waals surface area contributed by atoms with E-state index in [-0.39, 0.29) is 11.7 Å². The molecule has 6 nitrogen and oxygen atoms in total. The molecule has 4 rings (SSSR count). The van der Waals surface area contributed by atoms with Gasteiger partial charge in [0.15, 0.2) is 11.0 Å². The predicted octanol–water partition coefficient (Wildman–Crippen LogP) is 5.94. The number of nitrogens with one attached hydrogen (secondary N) is 1. The Labute approximate surface area is 202 Å². The Hall–Kier alpha value is -3.29. The minimum absolute atomic E-state index is 0.106. The largest absolute Gasteiger partial charge is 0.497 e. The third kappa shape index (κ3) is 5.21. The molecule has 0 aliphatic carbocycles. The van der Waals surface area contributed by atoms with Gasteiger partial charge in [0.1, 0.15) is 5.75 Å². The Morgan fingerprint density at radius 1 is 1.03 bits per heavy atom. The zero-order valence-corrected chi connectivity index (χ0v) is 20.1. The second-order valence-electron chi connectivity index (χ2n) is 7.43. The SMILES string of the molecule is COc1ccc(-c2nnc(SCC(=O)Nc3cccc(C)c3C)n2-c2ccc(Cl)cc2)cc1. The van der Waals surface area contributed by atoms with Gasteiger partial charge in [-0.05, 0) is 79.6 Å². The van der Waals surface area contributed by atoms with E-state index >= 15 is 0 Å². The van der Waals surface area contributed by atoms with Gasteiger partial charge in [0.2, 0.25) is 5.91 Å². The first kappa shape index (κ1) is 22.9. The van der Waals surface area contributed by atoms with Gasteiger partial charge in [0.25, 0.3) is 0 Å². The van der Waals surface area contributed by atoms with E-state index in [9.17, 15) is 4.79 Å². The van der Waals surface area contributed by atoms with Crippen LogP contribution < -0.4 is 10.1 Å². The van der Waals surface area contributed by atoms with Crippen LogP contribution in [0.4, 0.5) is 5.69 Å². The minimum atomic E-state index is -0.106. The van der Waals surface area contributed by atoms with Gasteiger partial charge < -0.3 is 10.1 Å². The summed E-state index contributed by atoms with van der Waals surface area (Å²) in [5.74, 6) is 1.51. The van der Waals surface area contributed by atoms with Crippen LogP contribution in [0, 0.1) is 13.8 Å². The van der Waals surface area contributed by atoms with Crippen LogP contribution in [0.3, 0.4) is 0 Å². The number of amides is 1. The zero-order valence-electron chi connectivity index (χ0n) is 18.5. The van der Waals surface area contributed by atoms with Gasteiger partial charge >= 0.3 is 0 Å². The second-order valence-corrected chi connectivity index (χ2v) is 8.81. The number of carbonyl (C=O) groups excluding carboxylic acids is 1. The molecule has 1 heterocycles. The maximum atomic E-state index is 12.7. The van der Waals surface area contributed by atoms with Gasteiger partial charge in [-0.25, -0.2) is 0 Å². The molecule has 0 saturated heterocycles. The number of hydrogen-bond acceptors (Lipinski definition) is 5. The summed E-state index contributed by atoms with van der Waals surface area (Å²) in [6.45, 7) is 4.02. The quantitative estimate of drug-likeness (QED) is 0.333. The fourth-order valence-electron chi connectivity index (χ4n) is 3.32. The molecule has 0 radical (unpaired) electrons. The number of aromatic nitrogens is 3. The lowest BCUT2D eigenvalue weighted by atomic mass is 10.1. The highest BCUT2D eigenvalue weighted by Gasteiger charge is 2.18. The van der Waals surface area contributed by atoms with Crippen LogP contribution in [-0.2, 0) is 4.79 Å². The molecule has 0 aliphatic heterocycles. The minimum Gasteiger partial charge on any atom is -0.497 e. The highest BCUT2D eigenvalue weighted by Crippen LogP contribution is 2.30. The van der Waals surface area contributed by atoms with Gasteiger partial charge in [-0.2, -0.15) is 0 Å². The van der Waals surface area contributed by atoms with Crippen LogP contribution in [0.2, 0.25) is 5.02 Å². The lowest BCUT2D eigenvalue weighted by molar-refractivity contribution is -0.113. The van der Waals surface area contributed by atoms with Crippen LogP contribution in [-0.4, -0.2) is 33.5 Å². The van der Waals surface area contributed by atoms with Crippen molar-refractivity contribution in [1.82, 2.24) is 14.8 Å². The first-order valence-electron chi connectivity index (χ1n) is 10.3. The van der Waals surface area contributed by atoms with E-state index in [4.69, 9.17) is 16.3 Å². The highest BCUT2D eigenvalue weighted by atomic mass is 35.5. The molecule has 1 amide bonds. The molecule has 0 saturated carbocycles. The van der Waals surface area contributed by atoms with E-state index < -0.39 is 0 Å². The molecule has 3 aromatic carbocycles. The van der Waals surface area contributed by atoms with Crippen LogP contribution in [0.25, 0.3) is 17.1 Å². The summed E-state index contributed by atoms with van der Waals surface area (Å²) in [4.78, 5) is 12.7. The van der Waals surface area contributed by atoms with Crippen LogP contribution >= 0.6 is 23.4 Å². The van der Waals surface area contributed by atoms with Crippen molar-refractivity contribution >= 4 is 35.0 Å². The molecule has 1 aromatic heterocycles. The average Bonchev–Trinajstić information content (AvgIpc) is 3.25. The number of benzene rings is 3. The summed E-state index contributed by atoms with van der Waals surface area (Å²) in [7, 11) is 1.63. The predicted molar refractivity (Wildman–Crippen MR) is 134 cm³/mol. The highest BCUT2D eigenvalue weighted by molar-refractivity contribution is 7.99. The number of rotatable bonds is 7. The monoisotopic (exact) mass is 478 g/mol. The van der Waals surface area contributed by atoms with E-state index in [1.807, 2.05) is 85.1 Å². The molecule has 168 valence electrons. The number of ether oxygens (including phenoxy) is 1. The standard InChI is InChI=1S/C25H23ClN4O2S/c1-16-5-4-6-22(17(16)2)27-23(31)15-33-25-29-28-24(18-7-13-21(32-3)14-8-18)30(25)20-11-9-19(26)10-12-20/h4-14H,15H2,1-3H3,(H,27,31). The number of halogens is 1. The molecule has 0 unspecified atom stereocenters. The topological polar surface area (TPSA) is 69.0 Å². The molecular formula is C25H23ClN4O2S. The summed E-state index contributed by atoms with van der Waals surface area (Å²) in [5.41, 5.74) is 4.74. The average molecular weight is 479 g/mol. The van der Waals surface area contributed by atoms with Gasteiger partial charge in [0, 0.05) is 22.0 Å². The fourth-order valence-corrected chi connectivity index (χ4v) is 4.19. The van der Waals surface area contributed by atoms with Crippen LogP contribution in [0.1, 0.15) is 11.1 Å².